The van der Waals surface area contributed by atoms with E-state index in [4.69, 9.17) is 4.74 Å². The Morgan fingerprint density at radius 3 is 1.96 bits per heavy atom. The molecule has 0 saturated heterocycles. The van der Waals surface area contributed by atoms with Crippen molar-refractivity contribution in [1.29, 1.82) is 0 Å². The molecule has 2 nitrogen and oxygen atoms in total. The lowest BCUT2D eigenvalue weighted by Gasteiger charge is -2.22. The van der Waals surface area contributed by atoms with Crippen LogP contribution in [0.4, 0.5) is 0 Å². The maximum atomic E-state index is 13.0. The van der Waals surface area contributed by atoms with Crippen molar-refractivity contribution in [3.63, 3.8) is 0 Å². The molecule has 0 aliphatic carbocycles. The van der Waals surface area contributed by atoms with E-state index in [1.54, 1.807) is 0 Å². The van der Waals surface area contributed by atoms with Crippen LogP contribution in [0.5, 0.6) is 0 Å². The first-order valence-corrected chi connectivity index (χ1v) is 10.9. The summed E-state index contributed by atoms with van der Waals surface area (Å²) in [6.45, 7) is 3.96. The molecule has 142 valence electrons. The highest BCUT2D eigenvalue weighted by atomic mass is 31.1. The van der Waals surface area contributed by atoms with E-state index in [0.717, 1.165) is 11.7 Å². The lowest BCUT2D eigenvalue weighted by molar-refractivity contribution is 0.0390. The van der Waals surface area contributed by atoms with Gasteiger partial charge in [-0.1, -0.05) is 91.9 Å². The Hall–Kier alpha value is -2.70. The number of benzene rings is 3. The van der Waals surface area contributed by atoms with Gasteiger partial charge in [-0.05, 0) is 49.3 Å². The molecule has 0 aliphatic rings. The number of hydrogen-bond donors (Lipinski definition) is 0. The molecule has 3 rings (SSSR count). The summed E-state index contributed by atoms with van der Waals surface area (Å²) in [4.78, 5) is 13.0. The molecule has 3 heteroatoms. The summed E-state index contributed by atoms with van der Waals surface area (Å²) in [7, 11) is -0.855. The van der Waals surface area contributed by atoms with Gasteiger partial charge in [0.1, 0.15) is 6.10 Å². The second-order valence-corrected chi connectivity index (χ2v) is 8.59. The number of ether oxygens (including phenoxy) is 1. The highest BCUT2D eigenvalue weighted by Gasteiger charge is 2.23. The van der Waals surface area contributed by atoms with Gasteiger partial charge in [0.05, 0.1) is 5.56 Å². The third-order valence-corrected chi connectivity index (χ3v) is 6.96. The molecule has 0 amide bonds. The van der Waals surface area contributed by atoms with Crippen LogP contribution >= 0.6 is 7.92 Å². The van der Waals surface area contributed by atoms with Crippen molar-refractivity contribution in [2.24, 2.45) is 0 Å². The molecular formula is C25H25O2P. The fourth-order valence-corrected chi connectivity index (χ4v) is 5.53. The summed E-state index contributed by atoms with van der Waals surface area (Å²) in [6.07, 6.45) is 4.40. The van der Waals surface area contributed by atoms with Crippen LogP contribution in [-0.4, -0.2) is 12.1 Å². The molecule has 0 saturated carbocycles. The van der Waals surface area contributed by atoms with Crippen LogP contribution in [0.25, 0.3) is 0 Å². The monoisotopic (exact) mass is 388 g/mol. The predicted molar refractivity (Wildman–Crippen MR) is 119 cm³/mol. The normalized spacial score (nSPS) is 12.2. The van der Waals surface area contributed by atoms with Crippen molar-refractivity contribution < 1.29 is 9.53 Å². The molecule has 0 radical (unpaired) electrons. The van der Waals surface area contributed by atoms with Gasteiger partial charge in [-0.25, -0.2) is 4.79 Å². The summed E-state index contributed by atoms with van der Waals surface area (Å²) in [5, 5.41) is 3.45. The first-order chi connectivity index (χ1) is 13.7. The van der Waals surface area contributed by atoms with Crippen LogP contribution in [0.3, 0.4) is 0 Å². The Balaban J connectivity index is 2.06. The van der Waals surface area contributed by atoms with Gasteiger partial charge < -0.3 is 4.74 Å². The van der Waals surface area contributed by atoms with Crippen LogP contribution in [0, 0.1) is 0 Å². The Kier molecular flexibility index (Phi) is 7.17. The first kappa shape index (κ1) is 20.0. The topological polar surface area (TPSA) is 26.3 Å². The zero-order chi connectivity index (χ0) is 19.8. The zero-order valence-electron chi connectivity index (χ0n) is 16.3. The molecule has 3 aromatic rings. The highest BCUT2D eigenvalue weighted by Crippen LogP contribution is 2.34. The summed E-state index contributed by atoms with van der Waals surface area (Å²) in [5.41, 5.74) is 0.643. The van der Waals surface area contributed by atoms with E-state index < -0.39 is 7.92 Å². The molecule has 0 aromatic heterocycles. The summed E-state index contributed by atoms with van der Waals surface area (Å²) in [6, 6.07) is 28.6. The highest BCUT2D eigenvalue weighted by molar-refractivity contribution is 7.80. The van der Waals surface area contributed by atoms with E-state index in [9.17, 15) is 4.79 Å². The molecule has 0 fully saturated rings. The van der Waals surface area contributed by atoms with Gasteiger partial charge in [0, 0.05) is 0 Å². The molecule has 28 heavy (non-hydrogen) atoms. The quantitative estimate of drug-likeness (QED) is 0.325. The molecule has 1 unspecified atom stereocenters. The van der Waals surface area contributed by atoms with Crippen molar-refractivity contribution in [2.45, 2.75) is 26.4 Å². The van der Waals surface area contributed by atoms with Crippen LogP contribution in [0.15, 0.2) is 97.1 Å². The summed E-state index contributed by atoms with van der Waals surface area (Å²) in [5.74, 6) is -0.264. The van der Waals surface area contributed by atoms with E-state index in [-0.39, 0.29) is 12.1 Å². The fourth-order valence-electron chi connectivity index (χ4n) is 3.10. The number of esters is 1. The Morgan fingerprint density at radius 1 is 0.893 bits per heavy atom. The van der Waals surface area contributed by atoms with E-state index in [1.807, 2.05) is 80.6 Å². The van der Waals surface area contributed by atoms with Crippen molar-refractivity contribution in [3.05, 3.63) is 103 Å². The van der Waals surface area contributed by atoms with Crippen molar-refractivity contribution in [1.82, 2.24) is 0 Å². The van der Waals surface area contributed by atoms with E-state index >= 15 is 0 Å². The van der Waals surface area contributed by atoms with Crippen molar-refractivity contribution in [3.8, 4) is 0 Å². The van der Waals surface area contributed by atoms with Crippen LogP contribution in [0.1, 0.15) is 30.6 Å². The maximum Gasteiger partial charge on any atom is 0.339 e. The van der Waals surface area contributed by atoms with Crippen LogP contribution in [-0.2, 0) is 4.74 Å². The summed E-state index contributed by atoms with van der Waals surface area (Å²) >= 11 is 0. The molecule has 1 atom stereocenters. The standard InChI is InChI=1S/C25H25O2P/c1-3-13-20(4-2)27-25(26)23-18-11-12-19-24(23)28(21-14-7-5-8-15-21)22-16-9-6-10-17-22/h3,5-20H,4H2,1-2H3/b13-3+. The Labute approximate surface area is 168 Å². The minimum Gasteiger partial charge on any atom is -0.455 e. The zero-order valence-corrected chi connectivity index (χ0v) is 17.2. The number of allylic oxidation sites excluding steroid dienone is 1. The van der Waals surface area contributed by atoms with Crippen LogP contribution < -0.4 is 15.9 Å². The molecule has 0 bridgehead atoms. The first-order valence-electron chi connectivity index (χ1n) is 9.57. The fraction of sp³-hybridized carbons (Fsp3) is 0.160. The Morgan fingerprint density at radius 2 is 1.43 bits per heavy atom. The maximum absolute atomic E-state index is 13.0. The van der Waals surface area contributed by atoms with Gasteiger partial charge in [0.2, 0.25) is 0 Å². The van der Waals surface area contributed by atoms with Gasteiger partial charge >= 0.3 is 5.97 Å². The Bertz CT molecular complexity index is 880. The van der Waals surface area contributed by atoms with Crippen molar-refractivity contribution >= 4 is 29.8 Å². The second kappa shape index (κ2) is 10.0. The number of rotatable bonds is 7. The number of carbonyl (C=O) groups excluding carboxylic acids is 1. The van der Waals surface area contributed by atoms with Crippen molar-refractivity contribution in [2.75, 3.05) is 0 Å². The van der Waals surface area contributed by atoms with Gasteiger partial charge in [0.15, 0.2) is 0 Å². The SMILES string of the molecule is C/C=C/C(CC)OC(=O)c1ccccc1P(c1ccccc1)c1ccccc1. The summed E-state index contributed by atoms with van der Waals surface area (Å²) < 4.78 is 5.77. The third kappa shape index (κ3) is 4.77. The van der Waals surface area contributed by atoms with E-state index in [1.165, 1.54) is 10.6 Å². The second-order valence-electron chi connectivity index (χ2n) is 6.40. The predicted octanol–water partition coefficient (Wildman–Crippen LogP) is 4.96. The number of hydrogen-bond acceptors (Lipinski definition) is 2. The minimum absolute atomic E-state index is 0.203. The van der Waals surface area contributed by atoms with Crippen LogP contribution in [0.2, 0.25) is 0 Å². The van der Waals surface area contributed by atoms with E-state index in [0.29, 0.717) is 5.56 Å². The van der Waals surface area contributed by atoms with Gasteiger partial charge in [-0.3, -0.25) is 0 Å². The van der Waals surface area contributed by atoms with E-state index in [2.05, 4.69) is 30.3 Å². The van der Waals surface area contributed by atoms with Gasteiger partial charge in [0.25, 0.3) is 0 Å². The largest absolute Gasteiger partial charge is 0.455 e. The lowest BCUT2D eigenvalue weighted by Crippen LogP contribution is -2.27. The molecule has 3 aromatic carbocycles. The molecule has 0 spiro atoms. The molecule has 0 N–H and O–H groups in total. The number of carbonyl (C=O) groups is 1. The molecular weight excluding hydrogens is 363 g/mol. The minimum atomic E-state index is -0.855. The average Bonchev–Trinajstić information content (AvgIpc) is 2.75. The smallest absolute Gasteiger partial charge is 0.339 e. The molecule has 0 aliphatic heterocycles. The van der Waals surface area contributed by atoms with Gasteiger partial charge in [-0.15, -0.1) is 0 Å². The molecule has 0 heterocycles. The van der Waals surface area contributed by atoms with Gasteiger partial charge in [-0.2, -0.15) is 0 Å². The third-order valence-electron chi connectivity index (χ3n) is 4.46. The lowest BCUT2D eigenvalue weighted by atomic mass is 10.2. The average molecular weight is 388 g/mol.